The Morgan fingerprint density at radius 1 is 1.16 bits per heavy atom. The zero-order valence-electron chi connectivity index (χ0n) is 25.0. The number of nitrogens with zero attached hydrogens (tertiary/aromatic N) is 4. The van der Waals surface area contributed by atoms with E-state index in [0.717, 1.165) is 42.4 Å². The molecule has 6 rings (SSSR count). The lowest BCUT2D eigenvalue weighted by Gasteiger charge is -2.26. The minimum Gasteiger partial charge on any atom is -0.496 e. The Labute approximate surface area is 263 Å². The van der Waals surface area contributed by atoms with Gasteiger partial charge in [0.15, 0.2) is 4.80 Å². The van der Waals surface area contributed by atoms with Crippen LogP contribution in [0.25, 0.3) is 17.0 Å². The second kappa shape index (κ2) is 12.1. The topological polar surface area (TPSA) is 95.1 Å². The zero-order chi connectivity index (χ0) is 31.1. The Morgan fingerprint density at radius 2 is 1.91 bits per heavy atom. The number of hydrogen-bond donors (Lipinski definition) is 0. The first-order valence-electron chi connectivity index (χ1n) is 14.6. The van der Waals surface area contributed by atoms with Crippen molar-refractivity contribution in [3.63, 3.8) is 0 Å². The molecule has 2 aliphatic heterocycles. The lowest BCUT2D eigenvalue weighted by Crippen LogP contribution is -2.40. The van der Waals surface area contributed by atoms with Crippen LogP contribution in [-0.2, 0) is 20.9 Å². The van der Waals surface area contributed by atoms with Crippen molar-refractivity contribution in [3.8, 4) is 5.75 Å². The number of fused-ring (bicyclic) bond motifs is 2. The van der Waals surface area contributed by atoms with E-state index < -0.39 is 12.0 Å². The SMILES string of the molecule is COc1ccc(Cl)cc1[C@H]1C(C(=O)OC(C)C)=C(C)N=c2s/c(=C\c3cn(CC(=O)N4CCCC4)c4ccccc34)c(=O)n21. The van der Waals surface area contributed by atoms with E-state index in [1.165, 1.54) is 23.0 Å². The van der Waals surface area contributed by atoms with Crippen LogP contribution in [0.2, 0.25) is 5.02 Å². The number of rotatable bonds is 7. The van der Waals surface area contributed by atoms with Crippen LogP contribution in [-0.4, -0.2) is 52.2 Å². The Hall–Kier alpha value is -4.15. The lowest BCUT2D eigenvalue weighted by molar-refractivity contribution is -0.143. The van der Waals surface area contributed by atoms with Crippen LogP contribution in [0.4, 0.5) is 0 Å². The van der Waals surface area contributed by atoms with E-state index in [9.17, 15) is 14.4 Å². The number of carbonyl (C=O) groups excluding carboxylic acids is 2. The van der Waals surface area contributed by atoms with Gasteiger partial charge in [0, 0.05) is 46.3 Å². The highest BCUT2D eigenvalue weighted by Gasteiger charge is 2.35. The molecular formula is C33H33ClN4O5S. The van der Waals surface area contributed by atoms with Gasteiger partial charge < -0.3 is 18.9 Å². The maximum absolute atomic E-state index is 14.2. The smallest absolute Gasteiger partial charge is 0.338 e. The highest BCUT2D eigenvalue weighted by molar-refractivity contribution is 7.07. The second-order valence-corrected chi connectivity index (χ2v) is 12.7. The van der Waals surface area contributed by atoms with Crippen LogP contribution in [0.1, 0.15) is 50.8 Å². The summed E-state index contributed by atoms with van der Waals surface area (Å²) >= 11 is 7.66. The number of hydrogen-bond acceptors (Lipinski definition) is 7. The quantitative estimate of drug-likeness (QED) is 0.281. The summed E-state index contributed by atoms with van der Waals surface area (Å²) in [5, 5.41) is 1.36. The molecule has 2 aromatic carbocycles. The van der Waals surface area contributed by atoms with Crippen LogP contribution < -0.4 is 19.6 Å². The normalized spacial score (nSPS) is 16.9. The molecule has 0 N–H and O–H groups in total. The molecular weight excluding hydrogens is 600 g/mol. The average Bonchev–Trinajstić information content (AvgIpc) is 3.71. The number of aromatic nitrogens is 2. The molecule has 11 heteroatoms. The van der Waals surface area contributed by atoms with Crippen LogP contribution in [0.3, 0.4) is 0 Å². The molecule has 0 bridgehead atoms. The van der Waals surface area contributed by atoms with Crippen molar-refractivity contribution in [1.82, 2.24) is 14.0 Å². The van der Waals surface area contributed by atoms with E-state index in [4.69, 9.17) is 26.1 Å². The molecule has 2 aliphatic rings. The largest absolute Gasteiger partial charge is 0.496 e. The molecule has 9 nitrogen and oxygen atoms in total. The molecule has 1 amide bonds. The number of benzene rings is 2. The number of amides is 1. The van der Waals surface area contributed by atoms with E-state index in [-0.39, 0.29) is 29.7 Å². The van der Waals surface area contributed by atoms with Crippen molar-refractivity contribution >= 4 is 51.8 Å². The predicted octanol–water partition coefficient (Wildman–Crippen LogP) is 4.43. The van der Waals surface area contributed by atoms with Crippen LogP contribution in [0.15, 0.2) is 69.7 Å². The van der Waals surface area contributed by atoms with Crippen molar-refractivity contribution in [3.05, 3.63) is 95.8 Å². The third-order valence-electron chi connectivity index (χ3n) is 7.94. The van der Waals surface area contributed by atoms with Crippen molar-refractivity contribution in [2.75, 3.05) is 20.2 Å². The van der Waals surface area contributed by atoms with Gasteiger partial charge in [0.2, 0.25) is 5.91 Å². The Kier molecular flexibility index (Phi) is 8.22. The first kappa shape index (κ1) is 29.9. The van der Waals surface area contributed by atoms with E-state index in [2.05, 4.69) is 0 Å². The maximum atomic E-state index is 14.2. The van der Waals surface area contributed by atoms with Gasteiger partial charge in [-0.05, 0) is 64.0 Å². The number of thiazole rings is 1. The van der Waals surface area contributed by atoms with Crippen molar-refractivity contribution < 1.29 is 19.1 Å². The molecule has 228 valence electrons. The number of methoxy groups -OCH3 is 1. The summed E-state index contributed by atoms with van der Waals surface area (Å²) in [6, 6.07) is 12.1. The Bertz CT molecular complexity index is 2000. The molecule has 1 atom stereocenters. The molecule has 2 aromatic heterocycles. The van der Waals surface area contributed by atoms with Gasteiger partial charge in [-0.3, -0.25) is 14.2 Å². The first-order valence-corrected chi connectivity index (χ1v) is 15.8. The van der Waals surface area contributed by atoms with E-state index in [1.807, 2.05) is 46.0 Å². The summed E-state index contributed by atoms with van der Waals surface area (Å²) in [6.45, 7) is 7.08. The zero-order valence-corrected chi connectivity index (χ0v) is 26.6. The minimum atomic E-state index is -0.868. The molecule has 4 aromatic rings. The highest BCUT2D eigenvalue weighted by Crippen LogP contribution is 2.37. The minimum absolute atomic E-state index is 0.0842. The summed E-state index contributed by atoms with van der Waals surface area (Å²) in [6.07, 6.45) is 5.44. The third kappa shape index (κ3) is 5.48. The number of halogens is 1. The summed E-state index contributed by atoms with van der Waals surface area (Å²) < 4.78 is 15.2. The number of esters is 1. The summed E-state index contributed by atoms with van der Waals surface area (Å²) in [5.74, 6) is -0.00139. The second-order valence-electron chi connectivity index (χ2n) is 11.2. The van der Waals surface area contributed by atoms with Gasteiger partial charge in [-0.25, -0.2) is 9.79 Å². The summed E-state index contributed by atoms with van der Waals surface area (Å²) in [4.78, 5) is 47.8. The molecule has 1 saturated heterocycles. The van der Waals surface area contributed by atoms with E-state index >= 15 is 0 Å². The molecule has 0 spiro atoms. The predicted molar refractivity (Wildman–Crippen MR) is 171 cm³/mol. The van der Waals surface area contributed by atoms with Crippen molar-refractivity contribution in [2.45, 2.75) is 52.3 Å². The highest BCUT2D eigenvalue weighted by atomic mass is 35.5. The van der Waals surface area contributed by atoms with E-state index in [1.54, 1.807) is 39.0 Å². The fourth-order valence-electron chi connectivity index (χ4n) is 5.95. The number of para-hydroxylation sites is 1. The fourth-order valence-corrected chi connectivity index (χ4v) is 7.17. The molecule has 0 aliphatic carbocycles. The lowest BCUT2D eigenvalue weighted by atomic mass is 9.95. The average molecular weight is 633 g/mol. The van der Waals surface area contributed by atoms with Gasteiger partial charge in [0.1, 0.15) is 18.3 Å². The van der Waals surface area contributed by atoms with Crippen molar-refractivity contribution in [2.24, 2.45) is 4.99 Å². The third-order valence-corrected chi connectivity index (χ3v) is 9.16. The monoisotopic (exact) mass is 632 g/mol. The maximum Gasteiger partial charge on any atom is 0.338 e. The van der Waals surface area contributed by atoms with Gasteiger partial charge in [0.05, 0.1) is 29.0 Å². The molecule has 4 heterocycles. The molecule has 0 unspecified atom stereocenters. The molecule has 1 fully saturated rings. The summed E-state index contributed by atoms with van der Waals surface area (Å²) in [7, 11) is 1.53. The van der Waals surface area contributed by atoms with Gasteiger partial charge in [-0.2, -0.15) is 0 Å². The van der Waals surface area contributed by atoms with Gasteiger partial charge in [-0.15, -0.1) is 0 Å². The van der Waals surface area contributed by atoms with Gasteiger partial charge >= 0.3 is 5.97 Å². The van der Waals surface area contributed by atoms with Crippen LogP contribution in [0, 0.1) is 0 Å². The van der Waals surface area contributed by atoms with Crippen LogP contribution >= 0.6 is 22.9 Å². The van der Waals surface area contributed by atoms with Gasteiger partial charge in [-0.1, -0.05) is 41.1 Å². The number of allylic oxidation sites excluding steroid dienone is 1. The Morgan fingerprint density at radius 3 is 2.64 bits per heavy atom. The number of ether oxygens (including phenoxy) is 2. The number of likely N-dealkylation sites (tertiary alicyclic amines) is 1. The van der Waals surface area contributed by atoms with Gasteiger partial charge in [0.25, 0.3) is 5.56 Å². The molecule has 0 saturated carbocycles. The molecule has 44 heavy (non-hydrogen) atoms. The fraction of sp³-hybridized carbons (Fsp3) is 0.333. The number of carbonyl (C=O) groups is 2. The Balaban J connectivity index is 1.51. The van der Waals surface area contributed by atoms with Crippen molar-refractivity contribution in [1.29, 1.82) is 0 Å². The van der Waals surface area contributed by atoms with E-state index in [0.29, 0.717) is 31.4 Å². The van der Waals surface area contributed by atoms with Crippen LogP contribution in [0.5, 0.6) is 5.75 Å². The standard InChI is InChI=1S/C33H33ClN4O5S/c1-19(2)43-32(41)29-20(3)35-33-38(30(29)24-16-22(34)11-12-26(24)42-4)31(40)27(44-33)15-21-17-37(25-10-6-5-9-23(21)25)18-28(39)36-13-7-8-14-36/h5-6,9-12,15-17,19,30H,7-8,13-14,18H2,1-4H3/b27-15-/t30-/m0/s1. The first-order chi connectivity index (χ1) is 21.2. The summed E-state index contributed by atoms with van der Waals surface area (Å²) in [5.41, 5.74) is 2.66. The molecule has 0 radical (unpaired) electrons.